The second-order valence-electron chi connectivity index (χ2n) is 5.02. The fourth-order valence-electron chi connectivity index (χ4n) is 2.21. The lowest BCUT2D eigenvalue weighted by Gasteiger charge is -2.30. The van der Waals surface area contributed by atoms with Gasteiger partial charge in [-0.1, -0.05) is 13.8 Å². The molecule has 102 valence electrons. The summed E-state index contributed by atoms with van der Waals surface area (Å²) in [6.45, 7) is 7.44. The smallest absolute Gasteiger partial charge is 0.214 e. The molecular formula is C12H26N2O2S. The van der Waals surface area contributed by atoms with E-state index in [-0.39, 0.29) is 5.75 Å². The maximum atomic E-state index is 12.1. The van der Waals surface area contributed by atoms with Gasteiger partial charge in [0.15, 0.2) is 0 Å². The highest BCUT2D eigenvalue weighted by atomic mass is 32.2. The van der Waals surface area contributed by atoms with Gasteiger partial charge in [0.25, 0.3) is 0 Å². The van der Waals surface area contributed by atoms with Gasteiger partial charge in [-0.05, 0) is 44.7 Å². The Morgan fingerprint density at radius 3 is 2.76 bits per heavy atom. The minimum absolute atomic E-state index is 0.288. The molecule has 1 N–H and O–H groups in total. The Kier molecular flexibility index (Phi) is 6.44. The summed E-state index contributed by atoms with van der Waals surface area (Å²) < 4.78 is 25.8. The molecule has 17 heavy (non-hydrogen) atoms. The van der Waals surface area contributed by atoms with Gasteiger partial charge in [-0.15, -0.1) is 0 Å². The van der Waals surface area contributed by atoms with Crippen LogP contribution in [0.15, 0.2) is 0 Å². The summed E-state index contributed by atoms with van der Waals surface area (Å²) >= 11 is 0. The van der Waals surface area contributed by atoms with E-state index < -0.39 is 10.0 Å². The number of nitrogens with one attached hydrogen (secondary N) is 1. The van der Waals surface area contributed by atoms with Crippen LogP contribution in [0.4, 0.5) is 0 Å². The van der Waals surface area contributed by atoms with Crippen LogP contribution < -0.4 is 5.32 Å². The standard InChI is InChI=1S/C12H26N2O2S/c1-3-7-13-8-5-10-17(15,16)14-9-4-6-12(2)11-14/h12-13H,3-11H2,1-2H3. The van der Waals surface area contributed by atoms with E-state index in [1.165, 1.54) is 0 Å². The van der Waals surface area contributed by atoms with Gasteiger partial charge in [0.1, 0.15) is 0 Å². The van der Waals surface area contributed by atoms with Gasteiger partial charge in [-0.2, -0.15) is 0 Å². The lowest BCUT2D eigenvalue weighted by atomic mass is 10.0. The summed E-state index contributed by atoms with van der Waals surface area (Å²) in [4.78, 5) is 0. The average Bonchev–Trinajstić information content (AvgIpc) is 2.29. The van der Waals surface area contributed by atoms with Crippen LogP contribution in [0.5, 0.6) is 0 Å². The maximum absolute atomic E-state index is 12.1. The van der Waals surface area contributed by atoms with Gasteiger partial charge in [0, 0.05) is 13.1 Å². The third-order valence-electron chi connectivity index (χ3n) is 3.20. The van der Waals surface area contributed by atoms with E-state index in [0.29, 0.717) is 18.9 Å². The summed E-state index contributed by atoms with van der Waals surface area (Å²) in [5.41, 5.74) is 0. The summed E-state index contributed by atoms with van der Waals surface area (Å²) in [6, 6.07) is 0. The van der Waals surface area contributed by atoms with E-state index in [9.17, 15) is 8.42 Å². The monoisotopic (exact) mass is 262 g/mol. The zero-order chi connectivity index (χ0) is 12.7. The Bertz CT molecular complexity index is 304. The van der Waals surface area contributed by atoms with Crippen LogP contribution in [0.3, 0.4) is 0 Å². The molecule has 1 aliphatic heterocycles. The summed E-state index contributed by atoms with van der Waals surface area (Å²) in [6.07, 6.45) is 3.97. The number of sulfonamides is 1. The Morgan fingerprint density at radius 1 is 1.35 bits per heavy atom. The van der Waals surface area contributed by atoms with Gasteiger partial charge in [0.05, 0.1) is 5.75 Å². The molecule has 0 aliphatic carbocycles. The molecule has 0 saturated carbocycles. The summed E-state index contributed by atoms with van der Waals surface area (Å²) in [7, 11) is -3.01. The molecule has 0 aromatic carbocycles. The molecule has 4 nitrogen and oxygen atoms in total. The number of nitrogens with zero attached hydrogens (tertiary/aromatic N) is 1. The van der Waals surface area contributed by atoms with Crippen molar-refractivity contribution in [3.63, 3.8) is 0 Å². The molecule has 1 rings (SSSR count). The maximum Gasteiger partial charge on any atom is 0.214 e. The third kappa shape index (κ3) is 5.36. The van der Waals surface area contributed by atoms with E-state index >= 15 is 0 Å². The number of hydrogen-bond donors (Lipinski definition) is 1. The van der Waals surface area contributed by atoms with E-state index in [0.717, 1.165) is 38.9 Å². The van der Waals surface area contributed by atoms with Crippen LogP contribution in [0.1, 0.15) is 39.5 Å². The van der Waals surface area contributed by atoms with Crippen molar-refractivity contribution in [3.05, 3.63) is 0 Å². The van der Waals surface area contributed by atoms with Crippen LogP contribution in [-0.4, -0.2) is 44.7 Å². The number of piperidine rings is 1. The Labute approximate surface area is 106 Å². The molecule has 5 heteroatoms. The molecule has 0 aromatic rings. The first-order valence-electron chi connectivity index (χ1n) is 6.75. The first-order valence-corrected chi connectivity index (χ1v) is 8.35. The zero-order valence-corrected chi connectivity index (χ0v) is 11.9. The molecule has 1 atom stereocenters. The third-order valence-corrected chi connectivity index (χ3v) is 5.12. The highest BCUT2D eigenvalue weighted by Crippen LogP contribution is 2.18. The molecule has 0 aromatic heterocycles. The molecule has 1 heterocycles. The van der Waals surface area contributed by atoms with Crippen LogP contribution in [0.25, 0.3) is 0 Å². The van der Waals surface area contributed by atoms with Crippen molar-refractivity contribution < 1.29 is 8.42 Å². The Hall–Kier alpha value is -0.130. The van der Waals surface area contributed by atoms with Crippen LogP contribution >= 0.6 is 0 Å². The Morgan fingerprint density at radius 2 is 2.12 bits per heavy atom. The first kappa shape index (κ1) is 14.9. The highest BCUT2D eigenvalue weighted by Gasteiger charge is 2.26. The van der Waals surface area contributed by atoms with Crippen LogP contribution in [-0.2, 0) is 10.0 Å². The average molecular weight is 262 g/mol. The second kappa shape index (κ2) is 7.34. The highest BCUT2D eigenvalue weighted by molar-refractivity contribution is 7.89. The van der Waals surface area contributed by atoms with E-state index in [2.05, 4.69) is 19.2 Å². The summed E-state index contributed by atoms with van der Waals surface area (Å²) in [5, 5.41) is 3.24. The fraction of sp³-hybridized carbons (Fsp3) is 1.00. The van der Waals surface area contributed by atoms with Gasteiger partial charge in [-0.25, -0.2) is 12.7 Å². The van der Waals surface area contributed by atoms with Crippen molar-refractivity contribution in [1.29, 1.82) is 0 Å². The second-order valence-corrected chi connectivity index (χ2v) is 7.11. The minimum Gasteiger partial charge on any atom is -0.317 e. The van der Waals surface area contributed by atoms with Gasteiger partial charge >= 0.3 is 0 Å². The normalized spacial score (nSPS) is 22.8. The van der Waals surface area contributed by atoms with Crippen molar-refractivity contribution in [1.82, 2.24) is 9.62 Å². The van der Waals surface area contributed by atoms with Gasteiger partial charge < -0.3 is 5.32 Å². The first-order chi connectivity index (χ1) is 8.06. The molecule has 1 unspecified atom stereocenters. The predicted molar refractivity (Wildman–Crippen MR) is 71.5 cm³/mol. The van der Waals surface area contributed by atoms with Crippen LogP contribution in [0.2, 0.25) is 0 Å². The number of rotatable bonds is 7. The quantitative estimate of drug-likeness (QED) is 0.706. The van der Waals surface area contributed by atoms with Crippen molar-refractivity contribution in [2.24, 2.45) is 5.92 Å². The summed E-state index contributed by atoms with van der Waals surface area (Å²) in [5.74, 6) is 0.799. The molecule has 0 spiro atoms. The molecule has 1 saturated heterocycles. The largest absolute Gasteiger partial charge is 0.317 e. The number of hydrogen-bond acceptors (Lipinski definition) is 3. The SMILES string of the molecule is CCCNCCCS(=O)(=O)N1CCCC(C)C1. The Balaban J connectivity index is 2.29. The van der Waals surface area contributed by atoms with Crippen molar-refractivity contribution >= 4 is 10.0 Å². The topological polar surface area (TPSA) is 49.4 Å². The van der Waals surface area contributed by atoms with E-state index in [4.69, 9.17) is 0 Å². The lowest BCUT2D eigenvalue weighted by Crippen LogP contribution is -2.40. The predicted octanol–water partition coefficient (Wildman–Crippen LogP) is 1.44. The van der Waals surface area contributed by atoms with E-state index in [1.807, 2.05) is 0 Å². The fourth-order valence-corrected chi connectivity index (χ4v) is 3.87. The van der Waals surface area contributed by atoms with Crippen molar-refractivity contribution in [2.75, 3.05) is 31.9 Å². The van der Waals surface area contributed by atoms with E-state index in [1.54, 1.807) is 4.31 Å². The van der Waals surface area contributed by atoms with Gasteiger partial charge in [-0.3, -0.25) is 0 Å². The lowest BCUT2D eigenvalue weighted by molar-refractivity contribution is 0.281. The molecule has 0 bridgehead atoms. The van der Waals surface area contributed by atoms with Crippen molar-refractivity contribution in [3.8, 4) is 0 Å². The zero-order valence-electron chi connectivity index (χ0n) is 11.1. The van der Waals surface area contributed by atoms with Crippen molar-refractivity contribution in [2.45, 2.75) is 39.5 Å². The molecule has 0 radical (unpaired) electrons. The van der Waals surface area contributed by atoms with Gasteiger partial charge in [0.2, 0.25) is 10.0 Å². The van der Waals surface area contributed by atoms with Crippen LogP contribution in [0, 0.1) is 5.92 Å². The molecule has 1 aliphatic rings. The molecular weight excluding hydrogens is 236 g/mol. The molecule has 1 fully saturated rings. The minimum atomic E-state index is -3.01. The molecule has 0 amide bonds.